The van der Waals surface area contributed by atoms with E-state index in [1.807, 2.05) is 0 Å². The van der Waals surface area contributed by atoms with E-state index >= 15 is 0 Å². The average Bonchev–Trinajstić information content (AvgIpc) is 2.89. The zero-order valence-corrected chi connectivity index (χ0v) is 39.1. The van der Waals surface area contributed by atoms with Crippen molar-refractivity contribution in [3.63, 3.8) is 0 Å². The lowest BCUT2D eigenvalue weighted by atomic mass is 10.0. The van der Waals surface area contributed by atoms with Crippen LogP contribution >= 0.6 is 47.8 Å². The van der Waals surface area contributed by atoms with Gasteiger partial charge in [-0.25, -0.2) is 43.7 Å². The quantitative estimate of drug-likeness (QED) is 0.110. The van der Waals surface area contributed by atoms with Gasteiger partial charge in [0.15, 0.2) is 17.5 Å². The number of halogens is 3. The minimum atomic E-state index is -2.80. The minimum Gasteiger partial charge on any atom is -0.458 e. The van der Waals surface area contributed by atoms with Crippen molar-refractivity contribution in [2.75, 3.05) is 0 Å². The summed E-state index contributed by atoms with van der Waals surface area (Å²) in [6.45, 7) is 27.5. The molecule has 1 aromatic rings. The second-order valence-electron chi connectivity index (χ2n) is 18.3. The predicted molar refractivity (Wildman–Crippen MR) is 207 cm³/mol. The Hall–Kier alpha value is -2.73. The Bertz CT molecular complexity index is 1350. The summed E-state index contributed by atoms with van der Waals surface area (Å²) in [7, 11) is 0. The first kappa shape index (κ1) is 49.3. The van der Waals surface area contributed by atoms with Crippen LogP contribution in [0, 0.1) is 0 Å². The molecule has 0 aliphatic carbocycles. The zero-order chi connectivity index (χ0) is 43.1. The number of carbonyl (C=O) groups is 6. The maximum Gasteiger partial charge on any atom is 0.343 e. The highest BCUT2D eigenvalue weighted by molar-refractivity contribution is 9.10. The third-order valence-electron chi connectivity index (χ3n) is 5.64. The Balaban J connectivity index is 4.82. The van der Waals surface area contributed by atoms with Crippen LogP contribution in [-0.4, -0.2) is 84.4 Å². The Kier molecular flexibility index (Phi) is 14.6. The normalized spacial score (nSPS) is 13.7. The van der Waals surface area contributed by atoms with E-state index in [9.17, 15) is 28.8 Å². The number of hydrogen-bond acceptors (Lipinski definition) is 15. The molecular formula is C36H54Br3N3O12. The Morgan fingerprint density at radius 1 is 0.315 bits per heavy atom. The van der Waals surface area contributed by atoms with E-state index in [2.05, 4.69) is 62.7 Å². The standard InChI is InChI=1S/C36H54Br3N3O12/c1-28(2,3)49-22(43)34(37,23(44)50-29(4,5)6)19-40-20(35(38,24(45)51-30(7,8)9)25(46)52-31(10,11)12)42-21(41-19)36(39,26(47)53-32(13,14)15)27(48)54-33(16,17)18/h1-18H3. The number of rotatable bonds is 9. The molecule has 1 rings (SSSR count). The molecule has 1 aromatic heterocycles. The van der Waals surface area contributed by atoms with Gasteiger partial charge in [-0.05, 0) is 125 Å². The fourth-order valence-corrected chi connectivity index (χ4v) is 4.74. The van der Waals surface area contributed by atoms with Gasteiger partial charge in [0.1, 0.15) is 33.6 Å². The molecule has 18 heteroatoms. The summed E-state index contributed by atoms with van der Waals surface area (Å²) >= 11 is 9.53. The van der Waals surface area contributed by atoms with Gasteiger partial charge in [0, 0.05) is 0 Å². The maximum absolute atomic E-state index is 14.2. The van der Waals surface area contributed by atoms with Gasteiger partial charge in [-0.1, -0.05) is 47.8 Å². The average molecular weight is 961 g/mol. The summed E-state index contributed by atoms with van der Waals surface area (Å²) in [5, 5.41) is 0. The maximum atomic E-state index is 14.2. The summed E-state index contributed by atoms with van der Waals surface area (Å²) in [5.41, 5.74) is -7.28. The number of esters is 6. The highest BCUT2D eigenvalue weighted by atomic mass is 79.9. The Labute approximate surface area is 342 Å². The van der Waals surface area contributed by atoms with Crippen molar-refractivity contribution in [1.29, 1.82) is 0 Å². The molecule has 0 atom stereocenters. The van der Waals surface area contributed by atoms with E-state index in [0.717, 1.165) is 0 Å². The molecule has 0 saturated carbocycles. The van der Waals surface area contributed by atoms with Crippen molar-refractivity contribution in [3.8, 4) is 0 Å². The van der Waals surface area contributed by atoms with Crippen LogP contribution in [0.3, 0.4) is 0 Å². The number of ether oxygens (including phenoxy) is 6. The molecule has 0 unspecified atom stereocenters. The smallest absolute Gasteiger partial charge is 0.343 e. The van der Waals surface area contributed by atoms with Crippen LogP contribution in [-0.2, 0) is 70.2 Å². The van der Waals surface area contributed by atoms with Gasteiger partial charge >= 0.3 is 35.8 Å². The van der Waals surface area contributed by atoms with Crippen LogP contribution in [0.25, 0.3) is 0 Å². The van der Waals surface area contributed by atoms with Crippen molar-refractivity contribution in [2.24, 2.45) is 0 Å². The molecule has 0 aliphatic heterocycles. The summed E-state index contributed by atoms with van der Waals surface area (Å²) in [4.78, 5) is 97.9. The molecule has 0 aromatic carbocycles. The highest BCUT2D eigenvalue weighted by Gasteiger charge is 2.61. The molecule has 0 saturated heterocycles. The third-order valence-corrected chi connectivity index (χ3v) is 8.65. The van der Waals surface area contributed by atoms with Gasteiger partial charge in [0.2, 0.25) is 0 Å². The van der Waals surface area contributed by atoms with Crippen LogP contribution < -0.4 is 0 Å². The first-order valence-electron chi connectivity index (χ1n) is 16.8. The summed E-state index contributed by atoms with van der Waals surface area (Å²) in [6.07, 6.45) is 0. The van der Waals surface area contributed by atoms with Gasteiger partial charge < -0.3 is 28.4 Å². The number of alkyl halides is 3. The fourth-order valence-electron chi connectivity index (χ4n) is 3.73. The molecule has 15 nitrogen and oxygen atoms in total. The lowest BCUT2D eigenvalue weighted by Gasteiger charge is -2.34. The summed E-state index contributed by atoms with van der Waals surface area (Å²) in [6, 6.07) is 0. The van der Waals surface area contributed by atoms with Crippen molar-refractivity contribution in [2.45, 2.75) is 171 Å². The second kappa shape index (κ2) is 16.0. The van der Waals surface area contributed by atoms with Crippen LogP contribution in [0.4, 0.5) is 0 Å². The molecule has 0 radical (unpaired) electrons. The number of nitrogens with zero attached hydrogens (tertiary/aromatic N) is 3. The Morgan fingerprint density at radius 3 is 0.519 bits per heavy atom. The molecule has 1 heterocycles. The molecule has 0 aliphatic rings. The van der Waals surface area contributed by atoms with Crippen molar-refractivity contribution < 1.29 is 57.2 Å². The van der Waals surface area contributed by atoms with E-state index < -0.39 is 99.9 Å². The van der Waals surface area contributed by atoms with Crippen LogP contribution in [0.15, 0.2) is 0 Å². The van der Waals surface area contributed by atoms with Gasteiger partial charge in [-0.15, -0.1) is 0 Å². The molecule has 0 bridgehead atoms. The molecule has 0 amide bonds. The number of carbonyl (C=O) groups excluding carboxylic acids is 6. The monoisotopic (exact) mass is 957 g/mol. The van der Waals surface area contributed by atoms with E-state index in [4.69, 9.17) is 28.4 Å². The van der Waals surface area contributed by atoms with E-state index in [0.29, 0.717) is 0 Å². The largest absolute Gasteiger partial charge is 0.458 e. The SMILES string of the molecule is CC(C)(C)OC(=O)C(Br)(C(=O)OC(C)(C)C)c1nc(C(Br)(C(=O)OC(C)(C)C)C(=O)OC(C)(C)C)nc(C(Br)(C(=O)OC(C)(C)C)C(=O)OC(C)(C)C)n1. The van der Waals surface area contributed by atoms with Gasteiger partial charge in [0.25, 0.3) is 13.0 Å². The van der Waals surface area contributed by atoms with Gasteiger partial charge in [-0.3, -0.25) is 0 Å². The molecule has 54 heavy (non-hydrogen) atoms. The first-order valence-corrected chi connectivity index (χ1v) is 19.2. The topological polar surface area (TPSA) is 196 Å². The lowest BCUT2D eigenvalue weighted by Crippen LogP contribution is -2.51. The van der Waals surface area contributed by atoms with E-state index in [1.165, 1.54) is 125 Å². The van der Waals surface area contributed by atoms with Crippen molar-refractivity contribution >= 4 is 83.6 Å². The number of aromatic nitrogens is 3. The Morgan fingerprint density at radius 2 is 0.426 bits per heavy atom. The zero-order valence-electron chi connectivity index (χ0n) is 34.4. The minimum absolute atomic E-state index is 0.877. The molecule has 0 spiro atoms. The number of hydrogen-bond donors (Lipinski definition) is 0. The van der Waals surface area contributed by atoms with Crippen molar-refractivity contribution in [3.05, 3.63) is 17.5 Å². The molecular weight excluding hydrogens is 906 g/mol. The third kappa shape index (κ3) is 13.2. The fraction of sp³-hybridized carbons (Fsp3) is 0.750. The van der Waals surface area contributed by atoms with Gasteiger partial charge in [0.05, 0.1) is 0 Å². The molecule has 306 valence electrons. The molecule has 0 fully saturated rings. The lowest BCUT2D eigenvalue weighted by molar-refractivity contribution is -0.173. The highest BCUT2D eigenvalue weighted by Crippen LogP contribution is 2.43. The summed E-state index contributed by atoms with van der Waals surface area (Å²) in [5.74, 6) is -10.5. The predicted octanol–water partition coefficient (Wildman–Crippen LogP) is 6.69. The van der Waals surface area contributed by atoms with E-state index in [-0.39, 0.29) is 0 Å². The summed E-state index contributed by atoms with van der Waals surface area (Å²) < 4.78 is 25.3. The van der Waals surface area contributed by atoms with Crippen LogP contribution in [0.2, 0.25) is 0 Å². The molecule has 0 N–H and O–H groups in total. The van der Waals surface area contributed by atoms with Gasteiger partial charge in [-0.2, -0.15) is 0 Å². The van der Waals surface area contributed by atoms with E-state index in [1.54, 1.807) is 0 Å². The second-order valence-corrected chi connectivity index (χ2v) is 21.9. The van der Waals surface area contributed by atoms with Crippen LogP contribution in [0.5, 0.6) is 0 Å². The van der Waals surface area contributed by atoms with Crippen LogP contribution in [0.1, 0.15) is 142 Å². The first-order chi connectivity index (χ1) is 23.6. The van der Waals surface area contributed by atoms with Crippen molar-refractivity contribution in [1.82, 2.24) is 15.0 Å².